The Kier molecular flexibility index (Phi) is 4.51. The number of phenols is 1. The van der Waals surface area contributed by atoms with Crippen LogP contribution >= 0.6 is 0 Å². The molecule has 1 aliphatic rings. The van der Waals surface area contributed by atoms with Gasteiger partial charge in [0.25, 0.3) is 0 Å². The van der Waals surface area contributed by atoms with Crippen LogP contribution in [0.25, 0.3) is 0 Å². The van der Waals surface area contributed by atoms with Crippen molar-refractivity contribution >= 4 is 0 Å². The largest absolute Gasteiger partial charge is 0.504 e. The quantitative estimate of drug-likeness (QED) is 0.821. The molecule has 100 valence electrons. The molecule has 1 aromatic carbocycles. The van der Waals surface area contributed by atoms with Crippen LogP contribution in [-0.2, 0) is 0 Å². The number of ether oxygens (including phenoxy) is 1. The first-order valence-corrected chi connectivity index (χ1v) is 7.23. The second kappa shape index (κ2) is 6.12. The minimum Gasteiger partial charge on any atom is -0.504 e. The Morgan fingerprint density at radius 1 is 1.17 bits per heavy atom. The van der Waals surface area contributed by atoms with Crippen molar-refractivity contribution in [2.24, 2.45) is 0 Å². The second-order valence-corrected chi connectivity index (χ2v) is 5.42. The van der Waals surface area contributed by atoms with Crippen molar-refractivity contribution in [3.05, 3.63) is 24.3 Å². The molecule has 0 unspecified atom stereocenters. The lowest BCUT2D eigenvalue weighted by molar-refractivity contribution is 0.0178. The highest BCUT2D eigenvalue weighted by Gasteiger charge is 2.34. The summed E-state index contributed by atoms with van der Waals surface area (Å²) in [5.74, 6) is 0.912. The molecule has 1 aromatic rings. The summed E-state index contributed by atoms with van der Waals surface area (Å²) in [6.45, 7) is 2.22. The van der Waals surface area contributed by atoms with Crippen LogP contribution in [0.1, 0.15) is 58.3 Å². The third-order valence-corrected chi connectivity index (χ3v) is 3.94. The van der Waals surface area contributed by atoms with Gasteiger partial charge in [-0.3, -0.25) is 0 Å². The van der Waals surface area contributed by atoms with Crippen LogP contribution in [0, 0.1) is 0 Å². The summed E-state index contributed by atoms with van der Waals surface area (Å²) in [7, 11) is 0. The summed E-state index contributed by atoms with van der Waals surface area (Å²) in [6.07, 6.45) is 9.58. The van der Waals surface area contributed by atoms with Crippen LogP contribution in [0.2, 0.25) is 0 Å². The van der Waals surface area contributed by atoms with Gasteiger partial charge >= 0.3 is 0 Å². The van der Waals surface area contributed by atoms with Gasteiger partial charge in [0.2, 0.25) is 0 Å². The van der Waals surface area contributed by atoms with E-state index in [1.165, 1.54) is 32.1 Å². The number of hydrogen-bond acceptors (Lipinski definition) is 2. The van der Waals surface area contributed by atoms with Crippen LogP contribution in [0.5, 0.6) is 11.5 Å². The van der Waals surface area contributed by atoms with Gasteiger partial charge in [-0.15, -0.1) is 0 Å². The van der Waals surface area contributed by atoms with Crippen LogP contribution in [0.4, 0.5) is 0 Å². The molecule has 0 spiro atoms. The maximum atomic E-state index is 9.86. The zero-order valence-electron chi connectivity index (χ0n) is 11.3. The Labute approximate surface area is 110 Å². The number of aromatic hydroxyl groups is 1. The van der Waals surface area contributed by atoms with E-state index < -0.39 is 0 Å². The summed E-state index contributed by atoms with van der Waals surface area (Å²) in [4.78, 5) is 0. The van der Waals surface area contributed by atoms with E-state index in [1.807, 2.05) is 18.2 Å². The second-order valence-electron chi connectivity index (χ2n) is 5.42. The van der Waals surface area contributed by atoms with E-state index in [1.54, 1.807) is 6.07 Å². The normalized spacial score (nSPS) is 18.5. The third kappa shape index (κ3) is 3.18. The summed E-state index contributed by atoms with van der Waals surface area (Å²) in [5.41, 5.74) is -0.0346. The number of rotatable bonds is 5. The molecule has 0 aliphatic heterocycles. The number of phenolic OH excluding ortho intramolecular Hbond substituents is 1. The molecule has 0 radical (unpaired) electrons. The fourth-order valence-electron chi connectivity index (χ4n) is 2.87. The Morgan fingerprint density at radius 3 is 2.56 bits per heavy atom. The lowest BCUT2D eigenvalue weighted by Crippen LogP contribution is -2.38. The standard InChI is InChI=1S/C16H24O2/c1-2-3-11-16(12-7-4-8-13-16)18-15-10-6-5-9-14(15)17/h5-6,9-10,17H,2-4,7-8,11-13H2,1H3. The van der Waals surface area contributed by atoms with Crippen LogP contribution < -0.4 is 4.74 Å². The molecule has 1 N–H and O–H groups in total. The van der Waals surface area contributed by atoms with Crippen molar-refractivity contribution in [2.45, 2.75) is 63.9 Å². The zero-order chi connectivity index (χ0) is 12.8. The molecule has 1 saturated carbocycles. The number of unbranched alkanes of at least 4 members (excludes halogenated alkanes) is 1. The molecule has 18 heavy (non-hydrogen) atoms. The Bertz CT molecular complexity index is 367. The highest BCUT2D eigenvalue weighted by atomic mass is 16.5. The smallest absolute Gasteiger partial charge is 0.161 e. The van der Waals surface area contributed by atoms with Crippen molar-refractivity contribution in [1.29, 1.82) is 0 Å². The molecule has 1 fully saturated rings. The van der Waals surface area contributed by atoms with Gasteiger partial charge in [0, 0.05) is 0 Å². The first-order chi connectivity index (χ1) is 8.76. The van der Waals surface area contributed by atoms with Crippen LogP contribution in [0.15, 0.2) is 24.3 Å². The monoisotopic (exact) mass is 248 g/mol. The van der Waals surface area contributed by atoms with Crippen LogP contribution in [0.3, 0.4) is 0 Å². The molecule has 2 heteroatoms. The topological polar surface area (TPSA) is 29.5 Å². The number of hydrogen-bond donors (Lipinski definition) is 1. The summed E-state index contributed by atoms with van der Waals surface area (Å²) in [5, 5.41) is 9.86. The van der Waals surface area contributed by atoms with Gasteiger partial charge < -0.3 is 9.84 Å². The maximum Gasteiger partial charge on any atom is 0.161 e. The molecular formula is C16H24O2. The predicted molar refractivity (Wildman–Crippen MR) is 74.1 cm³/mol. The van der Waals surface area contributed by atoms with Gasteiger partial charge in [-0.05, 0) is 50.7 Å². The van der Waals surface area contributed by atoms with E-state index in [4.69, 9.17) is 4.74 Å². The van der Waals surface area contributed by atoms with Gasteiger partial charge in [0.1, 0.15) is 5.60 Å². The van der Waals surface area contributed by atoms with E-state index in [9.17, 15) is 5.11 Å². The van der Waals surface area contributed by atoms with E-state index in [0.717, 1.165) is 19.3 Å². The maximum absolute atomic E-state index is 9.86. The molecule has 1 aliphatic carbocycles. The molecule has 2 nitrogen and oxygen atoms in total. The Balaban J connectivity index is 2.11. The van der Waals surface area contributed by atoms with E-state index >= 15 is 0 Å². The third-order valence-electron chi connectivity index (χ3n) is 3.94. The Morgan fingerprint density at radius 2 is 1.89 bits per heavy atom. The summed E-state index contributed by atoms with van der Waals surface area (Å²) in [6, 6.07) is 7.33. The highest BCUT2D eigenvalue weighted by Crippen LogP contribution is 2.39. The molecule has 0 aromatic heterocycles. The van der Waals surface area contributed by atoms with Gasteiger partial charge in [-0.1, -0.05) is 31.9 Å². The van der Waals surface area contributed by atoms with Gasteiger partial charge in [-0.2, -0.15) is 0 Å². The van der Waals surface area contributed by atoms with Crippen molar-refractivity contribution in [1.82, 2.24) is 0 Å². The summed E-state index contributed by atoms with van der Waals surface area (Å²) < 4.78 is 6.23. The number of para-hydroxylation sites is 2. The van der Waals surface area contributed by atoms with Gasteiger partial charge in [0.15, 0.2) is 11.5 Å². The molecular weight excluding hydrogens is 224 g/mol. The van der Waals surface area contributed by atoms with Gasteiger partial charge in [0.05, 0.1) is 0 Å². The van der Waals surface area contributed by atoms with Crippen LogP contribution in [-0.4, -0.2) is 10.7 Å². The molecule has 0 bridgehead atoms. The highest BCUT2D eigenvalue weighted by molar-refractivity contribution is 5.38. The van der Waals surface area contributed by atoms with Crippen molar-refractivity contribution in [3.8, 4) is 11.5 Å². The fourth-order valence-corrected chi connectivity index (χ4v) is 2.87. The van der Waals surface area contributed by atoms with E-state index in [2.05, 4.69) is 6.92 Å². The Hall–Kier alpha value is -1.18. The molecule has 0 saturated heterocycles. The minimum atomic E-state index is -0.0346. The first kappa shape index (κ1) is 13.3. The predicted octanol–water partition coefficient (Wildman–Crippen LogP) is 4.66. The van der Waals surface area contributed by atoms with Crippen molar-refractivity contribution < 1.29 is 9.84 Å². The average Bonchev–Trinajstić information content (AvgIpc) is 2.40. The molecule has 0 heterocycles. The first-order valence-electron chi connectivity index (χ1n) is 7.23. The fraction of sp³-hybridized carbons (Fsp3) is 0.625. The summed E-state index contributed by atoms with van der Waals surface area (Å²) >= 11 is 0. The molecule has 2 rings (SSSR count). The lowest BCUT2D eigenvalue weighted by atomic mass is 9.81. The molecule has 0 atom stereocenters. The average molecular weight is 248 g/mol. The molecule has 0 amide bonds. The minimum absolute atomic E-state index is 0.0346. The lowest BCUT2D eigenvalue weighted by Gasteiger charge is -2.38. The van der Waals surface area contributed by atoms with Gasteiger partial charge in [-0.25, -0.2) is 0 Å². The number of benzene rings is 1. The van der Waals surface area contributed by atoms with Crippen molar-refractivity contribution in [3.63, 3.8) is 0 Å². The zero-order valence-corrected chi connectivity index (χ0v) is 11.3. The SMILES string of the molecule is CCCCC1(Oc2ccccc2O)CCCCC1. The van der Waals surface area contributed by atoms with Crippen molar-refractivity contribution in [2.75, 3.05) is 0 Å². The van der Waals surface area contributed by atoms with E-state index in [0.29, 0.717) is 5.75 Å². The van der Waals surface area contributed by atoms with E-state index in [-0.39, 0.29) is 11.4 Å².